The van der Waals surface area contributed by atoms with Crippen LogP contribution >= 0.6 is 0 Å². The van der Waals surface area contributed by atoms with Gasteiger partial charge in [0.15, 0.2) is 0 Å². The van der Waals surface area contributed by atoms with E-state index in [1.54, 1.807) is 29.2 Å². The highest BCUT2D eigenvalue weighted by Gasteiger charge is 2.19. The molecule has 0 atom stereocenters. The molecular formula is C23H21NO3. The fraction of sp³-hybridized carbons (Fsp3) is 0.130. The van der Waals surface area contributed by atoms with Crippen LogP contribution in [-0.2, 0) is 11.3 Å². The van der Waals surface area contributed by atoms with Crippen molar-refractivity contribution in [3.63, 3.8) is 0 Å². The summed E-state index contributed by atoms with van der Waals surface area (Å²) < 4.78 is 4.71. The van der Waals surface area contributed by atoms with E-state index in [0.29, 0.717) is 17.7 Å². The smallest absolute Gasteiger partial charge is 0.337 e. The van der Waals surface area contributed by atoms with E-state index in [1.165, 1.54) is 7.11 Å². The van der Waals surface area contributed by atoms with Crippen LogP contribution in [0.15, 0.2) is 78.9 Å². The molecule has 0 aromatic heterocycles. The zero-order valence-corrected chi connectivity index (χ0v) is 15.4. The number of anilines is 1. The van der Waals surface area contributed by atoms with Gasteiger partial charge in [-0.15, -0.1) is 0 Å². The summed E-state index contributed by atoms with van der Waals surface area (Å²) in [5.74, 6) is -0.547. The van der Waals surface area contributed by atoms with Gasteiger partial charge in [-0.1, -0.05) is 42.5 Å². The first kappa shape index (κ1) is 18.4. The van der Waals surface area contributed by atoms with Crippen molar-refractivity contribution in [1.29, 1.82) is 0 Å². The van der Waals surface area contributed by atoms with E-state index < -0.39 is 5.97 Å². The number of hydrogen-bond acceptors (Lipinski definition) is 3. The number of ether oxygens (including phenoxy) is 1. The topological polar surface area (TPSA) is 46.6 Å². The lowest BCUT2D eigenvalue weighted by Gasteiger charge is -2.24. The zero-order chi connectivity index (χ0) is 19.2. The van der Waals surface area contributed by atoms with Crippen LogP contribution in [0.3, 0.4) is 0 Å². The molecule has 3 rings (SSSR count). The van der Waals surface area contributed by atoms with Crippen molar-refractivity contribution in [2.75, 3.05) is 12.0 Å². The molecular weight excluding hydrogens is 338 g/mol. The van der Waals surface area contributed by atoms with Crippen molar-refractivity contribution < 1.29 is 14.3 Å². The van der Waals surface area contributed by atoms with E-state index in [-0.39, 0.29) is 5.91 Å². The first-order chi connectivity index (χ1) is 13.1. The summed E-state index contributed by atoms with van der Waals surface area (Å²) in [6.45, 7) is 2.46. The predicted molar refractivity (Wildman–Crippen MR) is 106 cm³/mol. The third-order valence-corrected chi connectivity index (χ3v) is 4.29. The summed E-state index contributed by atoms with van der Waals surface area (Å²) in [6, 6.07) is 24.2. The quantitative estimate of drug-likeness (QED) is 0.624. The van der Waals surface area contributed by atoms with Gasteiger partial charge in [-0.05, 0) is 54.4 Å². The Morgan fingerprint density at radius 1 is 0.852 bits per heavy atom. The lowest BCUT2D eigenvalue weighted by atomic mass is 10.1. The van der Waals surface area contributed by atoms with Gasteiger partial charge in [-0.3, -0.25) is 4.79 Å². The average Bonchev–Trinajstić information content (AvgIpc) is 2.72. The molecule has 3 aromatic carbocycles. The van der Waals surface area contributed by atoms with E-state index in [2.05, 4.69) is 0 Å². The first-order valence-corrected chi connectivity index (χ1v) is 8.69. The molecule has 136 valence electrons. The van der Waals surface area contributed by atoms with Crippen LogP contribution in [0.2, 0.25) is 0 Å². The van der Waals surface area contributed by atoms with E-state index in [9.17, 15) is 9.59 Å². The third-order valence-electron chi connectivity index (χ3n) is 4.29. The number of benzene rings is 3. The number of nitrogens with zero attached hydrogens (tertiary/aromatic N) is 1. The highest BCUT2D eigenvalue weighted by molar-refractivity contribution is 6.06. The molecule has 0 saturated heterocycles. The van der Waals surface area contributed by atoms with Crippen LogP contribution in [0.1, 0.15) is 31.8 Å². The number of carbonyl (C=O) groups is 2. The fourth-order valence-electron chi connectivity index (χ4n) is 2.86. The lowest BCUT2D eigenvalue weighted by Crippen LogP contribution is -2.30. The van der Waals surface area contributed by atoms with Crippen molar-refractivity contribution in [2.45, 2.75) is 13.5 Å². The Morgan fingerprint density at radius 3 is 2.15 bits per heavy atom. The van der Waals surface area contributed by atoms with Crippen molar-refractivity contribution in [3.8, 4) is 0 Å². The number of esters is 1. The molecule has 0 radical (unpaired) electrons. The SMILES string of the molecule is COC(=O)c1ccc(C(=O)N(Cc2ccccc2)c2cccc(C)c2)cc1. The van der Waals surface area contributed by atoms with Crippen LogP contribution in [0.4, 0.5) is 5.69 Å². The highest BCUT2D eigenvalue weighted by Crippen LogP contribution is 2.22. The van der Waals surface area contributed by atoms with Crippen molar-refractivity contribution in [2.24, 2.45) is 0 Å². The Hall–Kier alpha value is -3.40. The van der Waals surface area contributed by atoms with Gasteiger partial charge in [0.1, 0.15) is 0 Å². The Morgan fingerprint density at radius 2 is 1.52 bits per heavy atom. The molecule has 0 bridgehead atoms. The van der Waals surface area contributed by atoms with Gasteiger partial charge in [0.05, 0.1) is 19.2 Å². The minimum atomic E-state index is -0.422. The van der Waals surface area contributed by atoms with Crippen molar-refractivity contribution >= 4 is 17.6 Å². The molecule has 27 heavy (non-hydrogen) atoms. The molecule has 3 aromatic rings. The Labute approximate surface area is 159 Å². The van der Waals surface area contributed by atoms with Crippen LogP contribution < -0.4 is 4.90 Å². The Kier molecular flexibility index (Phi) is 5.67. The van der Waals surface area contributed by atoms with Gasteiger partial charge in [0.25, 0.3) is 5.91 Å². The average molecular weight is 359 g/mol. The minimum absolute atomic E-state index is 0.124. The zero-order valence-electron chi connectivity index (χ0n) is 15.4. The molecule has 0 aliphatic heterocycles. The van der Waals surface area contributed by atoms with E-state index >= 15 is 0 Å². The van der Waals surface area contributed by atoms with Crippen molar-refractivity contribution in [3.05, 3.63) is 101 Å². The second kappa shape index (κ2) is 8.32. The summed E-state index contributed by atoms with van der Waals surface area (Å²) in [5.41, 5.74) is 3.89. The lowest BCUT2D eigenvalue weighted by molar-refractivity contribution is 0.0600. The monoisotopic (exact) mass is 359 g/mol. The number of carbonyl (C=O) groups excluding carboxylic acids is 2. The molecule has 0 heterocycles. The standard InChI is InChI=1S/C23H21NO3/c1-17-7-6-10-21(15-17)24(16-18-8-4-3-5-9-18)22(25)19-11-13-20(14-12-19)23(26)27-2/h3-15H,16H2,1-2H3. The van der Waals surface area contributed by atoms with Gasteiger partial charge in [-0.25, -0.2) is 4.79 Å². The minimum Gasteiger partial charge on any atom is -0.465 e. The van der Waals surface area contributed by atoms with Gasteiger partial charge < -0.3 is 9.64 Å². The Balaban J connectivity index is 1.94. The molecule has 1 amide bonds. The van der Waals surface area contributed by atoms with Crippen LogP contribution in [0.25, 0.3) is 0 Å². The van der Waals surface area contributed by atoms with Crippen LogP contribution in [0.5, 0.6) is 0 Å². The molecule has 0 spiro atoms. The normalized spacial score (nSPS) is 10.3. The number of rotatable bonds is 5. The maximum absolute atomic E-state index is 13.2. The Bertz CT molecular complexity index is 933. The van der Waals surface area contributed by atoms with Gasteiger partial charge in [0, 0.05) is 11.3 Å². The molecule has 0 aliphatic carbocycles. The summed E-state index contributed by atoms with van der Waals surface area (Å²) in [5, 5.41) is 0. The summed E-state index contributed by atoms with van der Waals surface area (Å²) in [7, 11) is 1.33. The van der Waals surface area contributed by atoms with E-state index in [0.717, 1.165) is 16.8 Å². The van der Waals surface area contributed by atoms with Gasteiger partial charge >= 0.3 is 5.97 Å². The largest absolute Gasteiger partial charge is 0.465 e. The first-order valence-electron chi connectivity index (χ1n) is 8.69. The van der Waals surface area contributed by atoms with Gasteiger partial charge in [-0.2, -0.15) is 0 Å². The van der Waals surface area contributed by atoms with Gasteiger partial charge in [0.2, 0.25) is 0 Å². The third kappa shape index (κ3) is 4.42. The molecule has 4 heteroatoms. The highest BCUT2D eigenvalue weighted by atomic mass is 16.5. The summed E-state index contributed by atoms with van der Waals surface area (Å²) in [4.78, 5) is 26.6. The van der Waals surface area contributed by atoms with Crippen LogP contribution in [-0.4, -0.2) is 19.0 Å². The maximum atomic E-state index is 13.2. The summed E-state index contributed by atoms with van der Waals surface area (Å²) >= 11 is 0. The van der Waals surface area contributed by atoms with Crippen LogP contribution in [0, 0.1) is 6.92 Å². The molecule has 0 saturated carbocycles. The maximum Gasteiger partial charge on any atom is 0.337 e. The molecule has 0 aliphatic rings. The molecule has 0 unspecified atom stereocenters. The second-order valence-electron chi connectivity index (χ2n) is 6.28. The van der Waals surface area contributed by atoms with E-state index in [4.69, 9.17) is 4.74 Å². The number of aryl methyl sites for hydroxylation is 1. The van der Waals surface area contributed by atoms with E-state index in [1.807, 2.05) is 61.5 Å². The van der Waals surface area contributed by atoms with Crippen molar-refractivity contribution in [1.82, 2.24) is 0 Å². The molecule has 4 nitrogen and oxygen atoms in total. The second-order valence-corrected chi connectivity index (χ2v) is 6.28. The number of methoxy groups -OCH3 is 1. The summed E-state index contributed by atoms with van der Waals surface area (Å²) in [6.07, 6.45) is 0. The fourth-order valence-corrected chi connectivity index (χ4v) is 2.86. The number of amides is 1. The molecule has 0 fully saturated rings. The molecule has 0 N–H and O–H groups in total. The number of hydrogen-bond donors (Lipinski definition) is 0. The predicted octanol–water partition coefficient (Wildman–Crippen LogP) is 4.63.